The number of carbonyl (C=O) groups excluding carboxylic acids is 2. The Morgan fingerprint density at radius 1 is 0.703 bits per heavy atom. The van der Waals surface area contributed by atoms with Crippen LogP contribution in [0.4, 0.5) is 0 Å². The maximum Gasteiger partial charge on any atom is 0.261 e. The number of benzene rings is 1. The molecule has 0 spiro atoms. The minimum absolute atomic E-state index is 0.00958. The van der Waals surface area contributed by atoms with Crippen molar-refractivity contribution in [2.45, 2.75) is 79.1 Å². The second-order valence-electron chi connectivity index (χ2n) is 10.5. The molecule has 0 aliphatic carbocycles. The molecule has 2 aliphatic heterocycles. The van der Waals surface area contributed by atoms with E-state index in [9.17, 15) is 9.59 Å². The highest BCUT2D eigenvalue weighted by Crippen LogP contribution is 2.48. The highest BCUT2D eigenvalue weighted by Gasteiger charge is 2.49. The van der Waals surface area contributed by atoms with Crippen molar-refractivity contribution in [3.05, 3.63) is 69.4 Å². The third-order valence-electron chi connectivity index (χ3n) is 7.95. The number of carbonyl (C=O) groups is 2. The van der Waals surface area contributed by atoms with Gasteiger partial charge in [0.1, 0.15) is 0 Å². The zero-order valence-electron chi connectivity index (χ0n) is 23.0. The molecule has 2 aliphatic rings. The number of unbranched alkanes of at least 4 members (excludes halogenated alkanes) is 2. The first-order valence-electron chi connectivity index (χ1n) is 14.3. The molecule has 37 heavy (non-hydrogen) atoms. The highest BCUT2D eigenvalue weighted by atomic mass is 32.1. The van der Waals surface area contributed by atoms with Crippen LogP contribution in [-0.4, -0.2) is 34.7 Å². The van der Waals surface area contributed by atoms with Crippen LogP contribution in [0.3, 0.4) is 0 Å². The van der Waals surface area contributed by atoms with Crippen molar-refractivity contribution in [3.63, 3.8) is 0 Å². The van der Waals surface area contributed by atoms with Crippen LogP contribution in [0.5, 0.6) is 0 Å². The molecule has 2 amide bonds. The van der Waals surface area contributed by atoms with Crippen molar-refractivity contribution in [1.82, 2.24) is 9.80 Å². The summed E-state index contributed by atoms with van der Waals surface area (Å²) in [6.45, 7) is 10.2. The van der Waals surface area contributed by atoms with Gasteiger partial charge in [0.2, 0.25) is 0 Å². The molecule has 4 rings (SSSR count). The molecule has 0 N–H and O–H groups in total. The lowest BCUT2D eigenvalue weighted by Crippen LogP contribution is -2.34. The number of thiophene rings is 1. The number of rotatable bonds is 14. The molecular formula is C32H42N2O2S. The van der Waals surface area contributed by atoms with Crippen LogP contribution in [0.2, 0.25) is 0 Å². The topological polar surface area (TPSA) is 40.6 Å². The number of nitrogens with zero attached hydrogens (tertiary/aromatic N) is 2. The fourth-order valence-electron chi connectivity index (χ4n) is 5.66. The summed E-state index contributed by atoms with van der Waals surface area (Å²) in [4.78, 5) is 33.4. The van der Waals surface area contributed by atoms with Crippen LogP contribution in [-0.2, 0) is 9.59 Å². The third kappa shape index (κ3) is 5.62. The first-order chi connectivity index (χ1) is 18.0. The molecule has 2 unspecified atom stereocenters. The Bertz CT molecular complexity index is 1130. The fourth-order valence-corrected chi connectivity index (χ4v) is 6.45. The minimum Gasteiger partial charge on any atom is -0.307 e. The van der Waals surface area contributed by atoms with Gasteiger partial charge in [-0.25, -0.2) is 0 Å². The Kier molecular flexibility index (Phi) is 9.42. The molecule has 3 heterocycles. The minimum atomic E-state index is -0.00958. The average molecular weight is 519 g/mol. The summed E-state index contributed by atoms with van der Waals surface area (Å²) in [6.07, 6.45) is 8.86. The summed E-state index contributed by atoms with van der Waals surface area (Å²) in [7, 11) is 0. The molecule has 1 aromatic heterocycles. The van der Waals surface area contributed by atoms with E-state index >= 15 is 0 Å². The van der Waals surface area contributed by atoms with Gasteiger partial charge in [-0.15, -0.1) is 11.3 Å². The lowest BCUT2D eigenvalue weighted by molar-refractivity contribution is -0.124. The van der Waals surface area contributed by atoms with Crippen LogP contribution in [0.25, 0.3) is 11.4 Å². The van der Waals surface area contributed by atoms with Crippen molar-refractivity contribution in [1.29, 1.82) is 0 Å². The van der Waals surface area contributed by atoms with Gasteiger partial charge in [0.15, 0.2) is 0 Å². The largest absolute Gasteiger partial charge is 0.307 e. The second-order valence-corrected chi connectivity index (χ2v) is 11.4. The lowest BCUT2D eigenvalue weighted by Gasteiger charge is -2.29. The summed E-state index contributed by atoms with van der Waals surface area (Å²) in [5.41, 5.74) is 3.80. The molecule has 2 atom stereocenters. The second kappa shape index (κ2) is 12.7. The van der Waals surface area contributed by atoms with Crippen LogP contribution in [0.15, 0.2) is 59.0 Å². The van der Waals surface area contributed by atoms with Crippen molar-refractivity contribution in [3.8, 4) is 0 Å². The smallest absolute Gasteiger partial charge is 0.261 e. The molecule has 0 saturated carbocycles. The molecule has 0 saturated heterocycles. The van der Waals surface area contributed by atoms with Crippen LogP contribution in [0, 0.1) is 11.8 Å². The summed E-state index contributed by atoms with van der Waals surface area (Å²) < 4.78 is 0. The van der Waals surface area contributed by atoms with Crippen molar-refractivity contribution in [2.24, 2.45) is 11.8 Å². The third-order valence-corrected chi connectivity index (χ3v) is 8.83. The Balaban J connectivity index is 1.83. The van der Waals surface area contributed by atoms with Crippen LogP contribution in [0.1, 0.15) is 89.5 Å². The van der Waals surface area contributed by atoms with E-state index in [-0.39, 0.29) is 11.8 Å². The molecule has 4 nitrogen and oxygen atoms in total. The first kappa shape index (κ1) is 27.4. The fraction of sp³-hybridized carbons (Fsp3) is 0.500. The average Bonchev–Trinajstić information content (AvgIpc) is 3.62. The van der Waals surface area contributed by atoms with Crippen molar-refractivity contribution < 1.29 is 9.59 Å². The molecular weight excluding hydrogens is 476 g/mol. The summed E-state index contributed by atoms with van der Waals surface area (Å²) in [5.74, 6) is 0.815. The van der Waals surface area contributed by atoms with Gasteiger partial charge < -0.3 is 9.80 Å². The van der Waals surface area contributed by atoms with E-state index in [0.29, 0.717) is 36.1 Å². The quantitative estimate of drug-likeness (QED) is 0.254. The zero-order valence-corrected chi connectivity index (χ0v) is 23.8. The Hall–Kier alpha value is -2.66. The highest BCUT2D eigenvalue weighted by molar-refractivity contribution is 7.11. The van der Waals surface area contributed by atoms with Gasteiger partial charge in [0, 0.05) is 13.1 Å². The standard InChI is InChI=1S/C32H42N2O2S/c1-5-9-15-23(7-3)21-33-29(25-17-12-11-13-18-25)27-28(32(33)36)30(26-19-14-20-37-26)34(31(27)35)22-24(8-4)16-10-6-2/h11-14,17-20,23-24H,5-10,15-16,21-22H2,1-4H3. The van der Waals surface area contributed by atoms with E-state index in [4.69, 9.17) is 0 Å². The molecule has 1 aromatic carbocycles. The zero-order chi connectivity index (χ0) is 26.4. The number of hydrogen-bond acceptors (Lipinski definition) is 3. The summed E-state index contributed by atoms with van der Waals surface area (Å²) in [5, 5.41) is 2.04. The summed E-state index contributed by atoms with van der Waals surface area (Å²) >= 11 is 1.61. The SMILES string of the molecule is CCCCC(CC)CN1C(=O)C2=C(c3cccs3)N(CC(CC)CCCC)C(=O)C2=C1c1ccccc1. The number of fused-ring (bicyclic) bond motifs is 1. The van der Waals surface area contributed by atoms with Gasteiger partial charge in [-0.2, -0.15) is 0 Å². The predicted octanol–water partition coefficient (Wildman–Crippen LogP) is 7.99. The van der Waals surface area contributed by atoms with E-state index < -0.39 is 0 Å². The Labute approximate surface area is 227 Å². The normalized spacial score (nSPS) is 17.3. The maximum absolute atomic E-state index is 14.3. The van der Waals surface area contributed by atoms with E-state index in [1.54, 1.807) is 11.3 Å². The lowest BCUT2D eigenvalue weighted by atomic mass is 9.97. The Morgan fingerprint density at radius 3 is 1.73 bits per heavy atom. The summed E-state index contributed by atoms with van der Waals surface area (Å²) in [6, 6.07) is 14.1. The Morgan fingerprint density at radius 2 is 1.24 bits per heavy atom. The van der Waals surface area contributed by atoms with E-state index in [1.807, 2.05) is 51.6 Å². The maximum atomic E-state index is 14.3. The molecule has 0 fully saturated rings. The molecule has 0 bridgehead atoms. The van der Waals surface area contributed by atoms with Gasteiger partial charge in [0.05, 0.1) is 27.4 Å². The van der Waals surface area contributed by atoms with E-state index in [2.05, 4.69) is 33.8 Å². The van der Waals surface area contributed by atoms with Crippen molar-refractivity contribution >= 4 is 34.5 Å². The van der Waals surface area contributed by atoms with Crippen molar-refractivity contribution in [2.75, 3.05) is 13.1 Å². The molecule has 5 heteroatoms. The van der Waals surface area contributed by atoms with Gasteiger partial charge in [0.25, 0.3) is 11.8 Å². The van der Waals surface area contributed by atoms with Gasteiger partial charge >= 0.3 is 0 Å². The monoisotopic (exact) mass is 518 g/mol. The predicted molar refractivity (Wildman–Crippen MR) is 155 cm³/mol. The van der Waals surface area contributed by atoms with E-state index in [1.165, 1.54) is 0 Å². The van der Waals surface area contributed by atoms with Gasteiger partial charge in [-0.05, 0) is 41.7 Å². The van der Waals surface area contributed by atoms with Crippen LogP contribution >= 0.6 is 11.3 Å². The first-order valence-corrected chi connectivity index (χ1v) is 15.1. The van der Waals surface area contributed by atoms with Gasteiger partial charge in [-0.1, -0.05) is 103 Å². The van der Waals surface area contributed by atoms with Gasteiger partial charge in [-0.3, -0.25) is 9.59 Å². The van der Waals surface area contributed by atoms with E-state index in [0.717, 1.165) is 73.2 Å². The molecule has 198 valence electrons. The number of hydrogen-bond donors (Lipinski definition) is 0. The molecule has 0 radical (unpaired) electrons. The van der Waals surface area contributed by atoms with Crippen LogP contribution < -0.4 is 0 Å². The number of amides is 2. The molecule has 2 aromatic rings.